The van der Waals surface area contributed by atoms with Crippen molar-refractivity contribution in [1.29, 1.82) is 0 Å². The van der Waals surface area contributed by atoms with Gasteiger partial charge in [-0.15, -0.1) is 0 Å². The van der Waals surface area contributed by atoms with Gasteiger partial charge in [-0.1, -0.05) is 0 Å². The first-order valence-electron chi connectivity index (χ1n) is 3.29. The number of ether oxygens (including phenoxy) is 1. The van der Waals surface area contributed by atoms with Crippen molar-refractivity contribution in [2.45, 2.75) is 19.4 Å². The van der Waals surface area contributed by atoms with Gasteiger partial charge in [-0.25, -0.2) is 13.1 Å². The van der Waals surface area contributed by atoms with Crippen LogP contribution in [-0.2, 0) is 14.8 Å². The van der Waals surface area contributed by atoms with E-state index in [-0.39, 0.29) is 5.75 Å². The quantitative estimate of drug-likeness (QED) is 0.662. The van der Waals surface area contributed by atoms with E-state index in [1.165, 1.54) is 14.2 Å². The van der Waals surface area contributed by atoms with Gasteiger partial charge >= 0.3 is 0 Å². The van der Waals surface area contributed by atoms with Gasteiger partial charge in [0, 0.05) is 7.11 Å². The molecule has 0 spiro atoms. The molecule has 0 aromatic rings. The van der Waals surface area contributed by atoms with Crippen LogP contribution in [0.25, 0.3) is 0 Å². The zero-order valence-corrected chi connectivity index (χ0v) is 8.16. The van der Waals surface area contributed by atoms with Crippen molar-refractivity contribution in [3.8, 4) is 0 Å². The van der Waals surface area contributed by atoms with Crippen molar-refractivity contribution in [3.63, 3.8) is 0 Å². The highest BCUT2D eigenvalue weighted by Gasteiger charge is 2.24. The lowest BCUT2D eigenvalue weighted by atomic mass is 10.2. The van der Waals surface area contributed by atoms with Crippen LogP contribution < -0.4 is 4.72 Å². The Morgan fingerprint density at radius 1 is 1.45 bits per heavy atom. The van der Waals surface area contributed by atoms with Gasteiger partial charge in [0.05, 0.1) is 11.4 Å². The Bertz CT molecular complexity index is 208. The molecule has 0 fully saturated rings. The van der Waals surface area contributed by atoms with Gasteiger partial charge in [-0.3, -0.25) is 0 Å². The molecule has 0 rings (SSSR count). The molecular weight excluding hydrogens is 166 g/mol. The first-order valence-corrected chi connectivity index (χ1v) is 4.94. The molecule has 0 aliphatic heterocycles. The SMILES string of the molecule is CNS(=O)(=O)CC(C)(C)OC. The highest BCUT2D eigenvalue weighted by molar-refractivity contribution is 7.89. The van der Waals surface area contributed by atoms with Crippen molar-refractivity contribution in [2.24, 2.45) is 0 Å². The lowest BCUT2D eigenvalue weighted by Crippen LogP contribution is -2.37. The molecule has 0 saturated carbocycles. The summed E-state index contributed by atoms with van der Waals surface area (Å²) in [5, 5.41) is 0. The zero-order chi connectivity index (χ0) is 9.12. The van der Waals surface area contributed by atoms with Crippen molar-refractivity contribution in [1.82, 2.24) is 4.72 Å². The lowest BCUT2D eigenvalue weighted by molar-refractivity contribution is 0.0424. The molecule has 4 nitrogen and oxygen atoms in total. The van der Waals surface area contributed by atoms with Gasteiger partial charge < -0.3 is 4.74 Å². The third kappa shape index (κ3) is 4.34. The predicted molar refractivity (Wildman–Crippen MR) is 43.9 cm³/mol. The Morgan fingerprint density at radius 3 is 2.18 bits per heavy atom. The van der Waals surface area contributed by atoms with Crippen molar-refractivity contribution in [2.75, 3.05) is 19.9 Å². The van der Waals surface area contributed by atoms with Crippen molar-refractivity contribution < 1.29 is 13.2 Å². The molecule has 0 amide bonds. The van der Waals surface area contributed by atoms with Crippen LogP contribution in [0.5, 0.6) is 0 Å². The van der Waals surface area contributed by atoms with E-state index >= 15 is 0 Å². The first kappa shape index (κ1) is 10.9. The highest BCUT2D eigenvalue weighted by atomic mass is 32.2. The summed E-state index contributed by atoms with van der Waals surface area (Å²) in [7, 11) is -0.283. The van der Waals surface area contributed by atoms with E-state index in [1.54, 1.807) is 13.8 Å². The summed E-state index contributed by atoms with van der Waals surface area (Å²) in [6.07, 6.45) is 0. The summed E-state index contributed by atoms with van der Waals surface area (Å²) < 4.78 is 29.1. The van der Waals surface area contributed by atoms with Crippen LogP contribution in [0.2, 0.25) is 0 Å². The molecule has 68 valence electrons. The maximum Gasteiger partial charge on any atom is 0.214 e. The van der Waals surface area contributed by atoms with E-state index in [0.717, 1.165) is 0 Å². The summed E-state index contributed by atoms with van der Waals surface area (Å²) in [6, 6.07) is 0. The molecule has 0 aromatic carbocycles. The fourth-order valence-electron chi connectivity index (χ4n) is 0.589. The summed E-state index contributed by atoms with van der Waals surface area (Å²) in [4.78, 5) is 0. The van der Waals surface area contributed by atoms with Crippen LogP contribution in [-0.4, -0.2) is 33.9 Å². The summed E-state index contributed by atoms with van der Waals surface area (Å²) in [5.74, 6) is -0.0208. The van der Waals surface area contributed by atoms with Crippen LogP contribution in [0, 0.1) is 0 Å². The van der Waals surface area contributed by atoms with E-state index in [9.17, 15) is 8.42 Å². The standard InChI is InChI=1S/C6H15NO3S/c1-6(2,10-4)5-11(8,9)7-3/h7H,5H2,1-4H3. The Kier molecular flexibility index (Phi) is 3.47. The summed E-state index contributed by atoms with van der Waals surface area (Å²) in [5.41, 5.74) is -0.623. The molecule has 5 heteroatoms. The van der Waals surface area contributed by atoms with Crippen LogP contribution in [0.1, 0.15) is 13.8 Å². The fraction of sp³-hybridized carbons (Fsp3) is 1.00. The lowest BCUT2D eigenvalue weighted by Gasteiger charge is -2.21. The molecular formula is C6H15NO3S. The molecule has 0 unspecified atom stereocenters. The van der Waals surface area contributed by atoms with Crippen LogP contribution >= 0.6 is 0 Å². The van der Waals surface area contributed by atoms with Gasteiger partial charge in [-0.05, 0) is 20.9 Å². The minimum Gasteiger partial charge on any atom is -0.378 e. The van der Waals surface area contributed by atoms with E-state index in [2.05, 4.69) is 4.72 Å². The molecule has 0 aromatic heterocycles. The first-order chi connectivity index (χ1) is 4.83. The molecule has 0 heterocycles. The maximum atomic E-state index is 11.0. The van der Waals surface area contributed by atoms with Crippen LogP contribution in [0.3, 0.4) is 0 Å². The number of methoxy groups -OCH3 is 1. The normalized spacial score (nSPS) is 13.5. The molecule has 0 bridgehead atoms. The largest absolute Gasteiger partial charge is 0.378 e. The predicted octanol–water partition coefficient (Wildman–Crippen LogP) is -0.0394. The molecule has 0 aliphatic rings. The molecule has 1 N–H and O–H groups in total. The average molecular weight is 181 g/mol. The number of hydrogen-bond acceptors (Lipinski definition) is 3. The second kappa shape index (κ2) is 3.51. The zero-order valence-electron chi connectivity index (χ0n) is 7.34. The van der Waals surface area contributed by atoms with Crippen LogP contribution in [0.4, 0.5) is 0 Å². The monoisotopic (exact) mass is 181 g/mol. The highest BCUT2D eigenvalue weighted by Crippen LogP contribution is 2.09. The topological polar surface area (TPSA) is 55.4 Å². The van der Waals surface area contributed by atoms with Gasteiger partial charge in [0.15, 0.2) is 0 Å². The van der Waals surface area contributed by atoms with E-state index in [4.69, 9.17) is 4.74 Å². The number of nitrogens with one attached hydrogen (secondary N) is 1. The average Bonchev–Trinajstić information content (AvgIpc) is 1.86. The number of sulfonamides is 1. The third-order valence-corrected chi connectivity index (χ3v) is 3.10. The van der Waals surface area contributed by atoms with Gasteiger partial charge in [-0.2, -0.15) is 0 Å². The Hall–Kier alpha value is -0.130. The molecule has 0 atom stereocenters. The fourth-order valence-corrected chi connectivity index (χ4v) is 1.77. The molecule has 0 aliphatic carbocycles. The van der Waals surface area contributed by atoms with Gasteiger partial charge in [0.25, 0.3) is 0 Å². The summed E-state index contributed by atoms with van der Waals surface area (Å²) >= 11 is 0. The summed E-state index contributed by atoms with van der Waals surface area (Å²) in [6.45, 7) is 3.45. The minimum atomic E-state index is -3.16. The Balaban J connectivity index is 4.26. The second-order valence-corrected chi connectivity index (χ2v) is 4.85. The van der Waals surface area contributed by atoms with Crippen LogP contribution in [0.15, 0.2) is 0 Å². The molecule has 0 saturated heterocycles. The second-order valence-electron chi connectivity index (χ2n) is 2.93. The smallest absolute Gasteiger partial charge is 0.214 e. The van der Waals surface area contributed by atoms with Gasteiger partial charge in [0.2, 0.25) is 10.0 Å². The Labute approximate surface area is 68.0 Å². The minimum absolute atomic E-state index is 0.0208. The van der Waals surface area contributed by atoms with Crippen molar-refractivity contribution >= 4 is 10.0 Å². The van der Waals surface area contributed by atoms with E-state index in [1.807, 2.05) is 0 Å². The van der Waals surface area contributed by atoms with E-state index in [0.29, 0.717) is 0 Å². The maximum absolute atomic E-state index is 11.0. The third-order valence-electron chi connectivity index (χ3n) is 1.40. The molecule has 11 heavy (non-hydrogen) atoms. The Morgan fingerprint density at radius 2 is 1.91 bits per heavy atom. The number of rotatable bonds is 4. The van der Waals surface area contributed by atoms with Gasteiger partial charge in [0.1, 0.15) is 0 Å². The number of hydrogen-bond donors (Lipinski definition) is 1. The molecule has 0 radical (unpaired) electrons. The van der Waals surface area contributed by atoms with Crippen molar-refractivity contribution in [3.05, 3.63) is 0 Å². The van der Waals surface area contributed by atoms with E-state index < -0.39 is 15.6 Å².